The summed E-state index contributed by atoms with van der Waals surface area (Å²) in [6.45, 7) is -1.07. The molecule has 3 aromatic carbocycles. The molecule has 4 rings (SSSR count). The Hall–Kier alpha value is -3.55. The van der Waals surface area contributed by atoms with Crippen LogP contribution in [0.5, 0.6) is 0 Å². The minimum Gasteiger partial charge on any atom is -0.326 e. The largest absolute Gasteiger partial charge is 0.419 e. The number of carbonyl (C=O) groups is 3. The Morgan fingerprint density at radius 1 is 0.884 bits per heavy atom. The van der Waals surface area contributed by atoms with Crippen molar-refractivity contribution in [1.29, 1.82) is 0 Å². The van der Waals surface area contributed by atoms with Crippen LogP contribution < -0.4 is 16.0 Å². The zero-order chi connectivity index (χ0) is 31.9. The molecular weight excluding hydrogens is 654 g/mol. The molecule has 228 valence electrons. The summed E-state index contributed by atoms with van der Waals surface area (Å²) in [6.07, 6.45) is -5.66. The van der Waals surface area contributed by atoms with Crippen LogP contribution in [0.2, 0.25) is 5.02 Å². The maximum atomic E-state index is 14.9. The third-order valence-electron chi connectivity index (χ3n) is 6.39. The summed E-state index contributed by atoms with van der Waals surface area (Å²) >= 11 is 18.5. The molecule has 1 aliphatic carbocycles. The van der Waals surface area contributed by atoms with E-state index in [4.69, 9.17) is 34.8 Å². The Morgan fingerprint density at radius 2 is 1.56 bits per heavy atom. The van der Waals surface area contributed by atoms with Crippen molar-refractivity contribution in [2.45, 2.75) is 22.8 Å². The van der Waals surface area contributed by atoms with Crippen molar-refractivity contribution in [3.05, 3.63) is 87.7 Å². The molecule has 0 saturated heterocycles. The zero-order valence-electron chi connectivity index (χ0n) is 21.2. The van der Waals surface area contributed by atoms with Crippen molar-refractivity contribution in [3.63, 3.8) is 0 Å². The third-order valence-corrected chi connectivity index (χ3v) is 7.66. The standard InChI is InChI=1S/C27H17Cl3F7N3O3/c28-15-3-2-12(10-13(15)24(42)39-18-6-5-17(33)23(22(18)34)40-19(41)7-8-31)38-25(43)21-20(26(21,29)30)11-1-4-16(32)14(9-11)27(35,36)37/h1-6,9-10,20-21H,7-8H2,(H,38,43)(H,39,42)(H,40,41)/t20-,21+/m0/s1. The lowest BCUT2D eigenvalue weighted by Gasteiger charge is -2.13. The molecule has 0 spiro atoms. The second kappa shape index (κ2) is 12.2. The van der Waals surface area contributed by atoms with Crippen molar-refractivity contribution < 1.29 is 45.1 Å². The molecule has 43 heavy (non-hydrogen) atoms. The molecule has 16 heteroatoms. The van der Waals surface area contributed by atoms with Crippen LogP contribution in [0.1, 0.15) is 33.8 Å². The third kappa shape index (κ3) is 6.84. The lowest BCUT2D eigenvalue weighted by atomic mass is 10.0. The zero-order valence-corrected chi connectivity index (χ0v) is 23.5. The Balaban J connectivity index is 1.52. The van der Waals surface area contributed by atoms with E-state index < -0.39 is 87.6 Å². The molecule has 1 aliphatic rings. The number of amides is 3. The first-order valence-corrected chi connectivity index (χ1v) is 13.2. The topological polar surface area (TPSA) is 87.3 Å². The smallest absolute Gasteiger partial charge is 0.326 e. The quantitative estimate of drug-likeness (QED) is 0.169. The number of hydrogen-bond donors (Lipinski definition) is 3. The van der Waals surface area contributed by atoms with Crippen molar-refractivity contribution in [3.8, 4) is 0 Å². The van der Waals surface area contributed by atoms with E-state index in [1.807, 2.05) is 5.32 Å². The van der Waals surface area contributed by atoms with Crippen LogP contribution in [-0.4, -0.2) is 28.7 Å². The average molecular weight is 671 g/mol. The van der Waals surface area contributed by atoms with Crippen LogP contribution in [0.3, 0.4) is 0 Å². The predicted octanol–water partition coefficient (Wildman–Crippen LogP) is 7.85. The van der Waals surface area contributed by atoms with Gasteiger partial charge in [0.05, 0.1) is 40.9 Å². The van der Waals surface area contributed by atoms with E-state index in [0.29, 0.717) is 12.1 Å². The van der Waals surface area contributed by atoms with Gasteiger partial charge in [0.15, 0.2) is 5.82 Å². The van der Waals surface area contributed by atoms with E-state index >= 15 is 0 Å². The van der Waals surface area contributed by atoms with E-state index in [0.717, 1.165) is 24.3 Å². The SMILES string of the molecule is O=C(CCF)Nc1c(F)ccc(NC(=O)c2cc(NC(=O)[C@H]3[C@H](c4ccc(F)c(C(F)(F)F)c4)C3(Cl)Cl)ccc2Cl)c1F. The van der Waals surface area contributed by atoms with Crippen LogP contribution >= 0.6 is 34.8 Å². The van der Waals surface area contributed by atoms with Gasteiger partial charge in [-0.1, -0.05) is 17.7 Å². The fourth-order valence-electron chi connectivity index (χ4n) is 4.26. The Bertz CT molecular complexity index is 1620. The number of carbonyl (C=O) groups excluding carboxylic acids is 3. The molecule has 0 radical (unpaired) electrons. The fraction of sp³-hybridized carbons (Fsp3) is 0.222. The van der Waals surface area contributed by atoms with Crippen LogP contribution in [0.4, 0.5) is 47.8 Å². The Labute approximate surface area is 253 Å². The van der Waals surface area contributed by atoms with Gasteiger partial charge in [-0.25, -0.2) is 13.2 Å². The molecule has 1 saturated carbocycles. The second-order valence-corrected chi connectivity index (χ2v) is 11.1. The first-order valence-electron chi connectivity index (χ1n) is 12.1. The molecule has 0 heterocycles. The van der Waals surface area contributed by atoms with Gasteiger partial charge in [0.25, 0.3) is 5.91 Å². The fourth-order valence-corrected chi connectivity index (χ4v) is 5.29. The van der Waals surface area contributed by atoms with Crippen molar-refractivity contribution >= 4 is 69.6 Å². The van der Waals surface area contributed by atoms with Gasteiger partial charge in [-0.2, -0.15) is 13.2 Å². The number of anilines is 3. The first-order chi connectivity index (χ1) is 20.1. The van der Waals surface area contributed by atoms with Crippen LogP contribution in [0.15, 0.2) is 48.5 Å². The molecule has 2 atom stereocenters. The predicted molar refractivity (Wildman–Crippen MR) is 146 cm³/mol. The average Bonchev–Trinajstić information content (AvgIpc) is 3.50. The molecule has 0 bridgehead atoms. The van der Waals surface area contributed by atoms with Crippen molar-refractivity contribution in [1.82, 2.24) is 0 Å². The summed E-state index contributed by atoms with van der Waals surface area (Å²) in [5, 5.41) is 6.29. The molecule has 1 fully saturated rings. The summed E-state index contributed by atoms with van der Waals surface area (Å²) < 4.78 is 92.7. The van der Waals surface area contributed by atoms with Crippen molar-refractivity contribution in [2.24, 2.45) is 5.92 Å². The van der Waals surface area contributed by atoms with E-state index in [9.17, 15) is 45.1 Å². The minimum absolute atomic E-state index is 0.0387. The normalized spacial score (nSPS) is 17.3. The molecule has 6 nitrogen and oxygen atoms in total. The molecule has 3 N–H and O–H groups in total. The summed E-state index contributed by atoms with van der Waals surface area (Å²) in [6, 6.07) is 7.30. The van der Waals surface area contributed by atoms with E-state index in [-0.39, 0.29) is 21.8 Å². The van der Waals surface area contributed by atoms with Gasteiger partial charge in [-0.15, -0.1) is 23.2 Å². The molecule has 0 aromatic heterocycles. The van der Waals surface area contributed by atoms with Crippen LogP contribution in [0.25, 0.3) is 0 Å². The number of alkyl halides is 6. The highest BCUT2D eigenvalue weighted by Crippen LogP contribution is 2.65. The Morgan fingerprint density at radius 3 is 2.21 bits per heavy atom. The molecule has 3 amide bonds. The second-order valence-electron chi connectivity index (χ2n) is 9.28. The lowest BCUT2D eigenvalue weighted by Crippen LogP contribution is -2.19. The maximum Gasteiger partial charge on any atom is 0.419 e. The Kier molecular flexibility index (Phi) is 9.19. The number of hydrogen-bond acceptors (Lipinski definition) is 3. The monoisotopic (exact) mass is 669 g/mol. The highest BCUT2D eigenvalue weighted by atomic mass is 35.5. The van der Waals surface area contributed by atoms with Gasteiger partial charge in [0.1, 0.15) is 21.7 Å². The van der Waals surface area contributed by atoms with E-state index in [1.54, 1.807) is 0 Å². The highest BCUT2D eigenvalue weighted by Gasteiger charge is 2.67. The van der Waals surface area contributed by atoms with Crippen LogP contribution in [-0.2, 0) is 15.8 Å². The van der Waals surface area contributed by atoms with Gasteiger partial charge in [0, 0.05) is 11.6 Å². The summed E-state index contributed by atoms with van der Waals surface area (Å²) in [5.41, 5.74) is -3.51. The van der Waals surface area contributed by atoms with Gasteiger partial charge < -0.3 is 16.0 Å². The van der Waals surface area contributed by atoms with Gasteiger partial charge in [-0.3, -0.25) is 18.8 Å². The van der Waals surface area contributed by atoms with Crippen LogP contribution in [0, 0.1) is 23.4 Å². The number of halogens is 10. The molecular formula is C27H17Cl3F7N3O3. The van der Waals surface area contributed by atoms with E-state index in [1.165, 1.54) is 12.1 Å². The summed E-state index contributed by atoms with van der Waals surface area (Å²) in [7, 11) is 0. The first kappa shape index (κ1) is 32.4. The van der Waals surface area contributed by atoms with Gasteiger partial charge >= 0.3 is 6.18 Å². The molecule has 0 aliphatic heterocycles. The number of benzene rings is 3. The summed E-state index contributed by atoms with van der Waals surface area (Å²) in [5.74, 6) is -9.34. The number of nitrogens with one attached hydrogen (secondary N) is 3. The lowest BCUT2D eigenvalue weighted by molar-refractivity contribution is -0.140. The van der Waals surface area contributed by atoms with E-state index in [2.05, 4.69) is 10.6 Å². The molecule has 0 unspecified atom stereocenters. The maximum absolute atomic E-state index is 14.9. The van der Waals surface area contributed by atoms with Gasteiger partial charge in [0.2, 0.25) is 11.8 Å². The minimum atomic E-state index is -5.00. The van der Waals surface area contributed by atoms with Crippen molar-refractivity contribution in [2.75, 3.05) is 22.6 Å². The number of rotatable bonds is 8. The summed E-state index contributed by atoms with van der Waals surface area (Å²) in [4.78, 5) is 37.5. The van der Waals surface area contributed by atoms with Gasteiger partial charge in [-0.05, 0) is 48.0 Å². The molecule has 3 aromatic rings. The highest BCUT2D eigenvalue weighted by molar-refractivity contribution is 6.53.